The molecule has 0 atom stereocenters. The molecule has 1 fully saturated rings. The predicted octanol–water partition coefficient (Wildman–Crippen LogP) is 2.58. The van der Waals surface area contributed by atoms with E-state index in [2.05, 4.69) is 0 Å². The fraction of sp³-hybridized carbons (Fsp3) is 0.385. The van der Waals surface area contributed by atoms with Gasteiger partial charge >= 0.3 is 0 Å². The van der Waals surface area contributed by atoms with Crippen LogP contribution in [0.4, 0.5) is 8.78 Å². The van der Waals surface area contributed by atoms with Gasteiger partial charge in [-0.15, -0.1) is 0 Å². The lowest BCUT2D eigenvalue weighted by atomic mass is 9.98. The van der Waals surface area contributed by atoms with Gasteiger partial charge in [-0.1, -0.05) is 0 Å². The Morgan fingerprint density at radius 2 is 1.79 bits per heavy atom. The van der Waals surface area contributed by atoms with E-state index in [-0.39, 0.29) is 22.6 Å². The van der Waals surface area contributed by atoms with Gasteiger partial charge in [0.15, 0.2) is 11.6 Å². The first-order chi connectivity index (χ1) is 8.99. The highest BCUT2D eigenvalue weighted by Crippen LogP contribution is 2.21. The van der Waals surface area contributed by atoms with Crippen LogP contribution >= 0.6 is 11.6 Å². The molecule has 0 saturated carbocycles. The van der Waals surface area contributed by atoms with E-state index >= 15 is 0 Å². The number of benzene rings is 1. The highest BCUT2D eigenvalue weighted by Gasteiger charge is 2.27. The van der Waals surface area contributed by atoms with Crippen LogP contribution < -0.4 is 0 Å². The minimum Gasteiger partial charge on any atom is -0.339 e. The van der Waals surface area contributed by atoms with Crippen molar-refractivity contribution in [3.05, 3.63) is 35.4 Å². The third-order valence-electron chi connectivity index (χ3n) is 3.27. The number of likely N-dealkylation sites (tertiary alicyclic amines) is 1. The van der Waals surface area contributed by atoms with Gasteiger partial charge in [0.25, 0.3) is 5.91 Å². The van der Waals surface area contributed by atoms with E-state index in [1.165, 1.54) is 11.0 Å². The van der Waals surface area contributed by atoms with E-state index in [4.69, 9.17) is 11.6 Å². The van der Waals surface area contributed by atoms with Crippen molar-refractivity contribution in [2.75, 3.05) is 13.1 Å². The quantitative estimate of drug-likeness (QED) is 0.784. The Balaban J connectivity index is 2.05. The second kappa shape index (κ2) is 5.65. The predicted molar refractivity (Wildman–Crippen MR) is 65.8 cm³/mol. The molecule has 1 heterocycles. The summed E-state index contributed by atoms with van der Waals surface area (Å²) >= 11 is 5.41. The summed E-state index contributed by atoms with van der Waals surface area (Å²) in [6.45, 7) is 0.780. The van der Waals surface area contributed by atoms with Crippen molar-refractivity contribution in [3.63, 3.8) is 0 Å². The molecule has 1 aromatic rings. The zero-order valence-corrected chi connectivity index (χ0v) is 10.8. The molecule has 1 aliphatic heterocycles. The van der Waals surface area contributed by atoms with Crippen molar-refractivity contribution in [1.82, 2.24) is 4.90 Å². The lowest BCUT2D eigenvalue weighted by Crippen LogP contribution is -2.39. The zero-order chi connectivity index (χ0) is 14.0. The smallest absolute Gasteiger partial charge is 0.253 e. The molecule has 2 rings (SSSR count). The number of halogens is 3. The molecule has 1 saturated heterocycles. The Labute approximate surface area is 114 Å². The summed E-state index contributed by atoms with van der Waals surface area (Å²) in [5.41, 5.74) is 0.106. The lowest BCUT2D eigenvalue weighted by molar-refractivity contribution is -0.116. The Kier molecular flexibility index (Phi) is 4.14. The van der Waals surface area contributed by atoms with E-state index in [0.717, 1.165) is 12.1 Å². The van der Waals surface area contributed by atoms with Crippen LogP contribution in [0.2, 0.25) is 0 Å². The minimum absolute atomic E-state index is 0.106. The maximum Gasteiger partial charge on any atom is 0.253 e. The molecule has 1 amide bonds. The van der Waals surface area contributed by atoms with Crippen molar-refractivity contribution >= 4 is 22.8 Å². The van der Waals surface area contributed by atoms with Gasteiger partial charge in [0.05, 0.1) is 0 Å². The molecule has 0 radical (unpaired) electrons. The maximum atomic E-state index is 13.1. The van der Waals surface area contributed by atoms with Gasteiger partial charge in [-0.2, -0.15) is 0 Å². The molecule has 102 valence electrons. The van der Waals surface area contributed by atoms with Crippen LogP contribution in [0.5, 0.6) is 0 Å². The lowest BCUT2D eigenvalue weighted by Gasteiger charge is -2.30. The largest absolute Gasteiger partial charge is 0.339 e. The summed E-state index contributed by atoms with van der Waals surface area (Å²) in [5.74, 6) is -2.62. The SMILES string of the molecule is O=C(Cl)C1CCN(C(=O)c2ccc(F)c(F)c2)CC1. The second-order valence-corrected chi connectivity index (χ2v) is 4.87. The van der Waals surface area contributed by atoms with Gasteiger partial charge in [0.2, 0.25) is 5.24 Å². The highest BCUT2D eigenvalue weighted by molar-refractivity contribution is 6.64. The fourth-order valence-electron chi connectivity index (χ4n) is 2.12. The number of rotatable bonds is 2. The average molecular weight is 288 g/mol. The Morgan fingerprint density at radius 3 is 2.32 bits per heavy atom. The van der Waals surface area contributed by atoms with Crippen LogP contribution in [0.1, 0.15) is 23.2 Å². The summed E-state index contributed by atoms with van der Waals surface area (Å²) in [6, 6.07) is 3.06. The third kappa shape index (κ3) is 3.10. The fourth-order valence-corrected chi connectivity index (χ4v) is 2.34. The van der Waals surface area contributed by atoms with Gasteiger partial charge in [0.1, 0.15) is 0 Å². The summed E-state index contributed by atoms with van der Waals surface area (Å²) in [5, 5.41) is -0.389. The number of nitrogens with zero attached hydrogens (tertiary/aromatic N) is 1. The molecule has 0 aromatic heterocycles. The first-order valence-electron chi connectivity index (χ1n) is 5.92. The van der Waals surface area contributed by atoms with E-state index in [1.54, 1.807) is 0 Å². The van der Waals surface area contributed by atoms with E-state index in [1.807, 2.05) is 0 Å². The monoisotopic (exact) mass is 287 g/mol. The van der Waals surface area contributed by atoms with Gasteiger partial charge in [0, 0.05) is 24.6 Å². The van der Waals surface area contributed by atoms with Crippen molar-refractivity contribution in [2.24, 2.45) is 5.92 Å². The van der Waals surface area contributed by atoms with Crippen LogP contribution in [-0.4, -0.2) is 29.1 Å². The van der Waals surface area contributed by atoms with Crippen molar-refractivity contribution in [2.45, 2.75) is 12.8 Å². The standard InChI is InChI=1S/C13H12ClF2NO2/c14-12(18)8-3-5-17(6-4-8)13(19)9-1-2-10(15)11(16)7-9/h1-2,7-8H,3-6H2. The molecule has 19 heavy (non-hydrogen) atoms. The number of hydrogen-bond acceptors (Lipinski definition) is 2. The Morgan fingerprint density at radius 1 is 1.16 bits per heavy atom. The molecule has 0 spiro atoms. The molecular weight excluding hydrogens is 276 g/mol. The first kappa shape index (κ1) is 13.9. The Hall–Kier alpha value is -1.49. The zero-order valence-electron chi connectivity index (χ0n) is 10.0. The first-order valence-corrected chi connectivity index (χ1v) is 6.30. The normalized spacial score (nSPS) is 16.5. The number of carbonyl (C=O) groups excluding carboxylic acids is 2. The highest BCUT2D eigenvalue weighted by atomic mass is 35.5. The van der Waals surface area contributed by atoms with Crippen LogP contribution in [0.3, 0.4) is 0 Å². The topological polar surface area (TPSA) is 37.4 Å². The minimum atomic E-state index is -1.04. The number of hydrogen-bond donors (Lipinski definition) is 0. The summed E-state index contributed by atoms with van der Waals surface area (Å²) in [4.78, 5) is 24.6. The van der Waals surface area contributed by atoms with Gasteiger partial charge < -0.3 is 4.90 Å². The van der Waals surface area contributed by atoms with E-state index < -0.39 is 11.6 Å². The van der Waals surface area contributed by atoms with E-state index in [9.17, 15) is 18.4 Å². The van der Waals surface area contributed by atoms with Gasteiger partial charge in [-0.25, -0.2) is 8.78 Å². The summed E-state index contributed by atoms with van der Waals surface area (Å²) in [6.07, 6.45) is 0.996. The molecule has 0 aliphatic carbocycles. The van der Waals surface area contributed by atoms with Crippen molar-refractivity contribution in [1.29, 1.82) is 0 Å². The molecule has 0 N–H and O–H groups in total. The van der Waals surface area contributed by atoms with Crippen molar-refractivity contribution < 1.29 is 18.4 Å². The molecule has 1 aliphatic rings. The molecule has 3 nitrogen and oxygen atoms in total. The number of amides is 1. The number of piperidine rings is 1. The summed E-state index contributed by atoms with van der Waals surface area (Å²) in [7, 11) is 0. The molecule has 1 aromatic carbocycles. The van der Waals surface area contributed by atoms with Gasteiger partial charge in [-0.05, 0) is 42.6 Å². The van der Waals surface area contributed by atoms with Crippen LogP contribution in [0.25, 0.3) is 0 Å². The number of carbonyl (C=O) groups is 2. The molecule has 0 unspecified atom stereocenters. The molecular formula is C13H12ClF2NO2. The molecule has 6 heteroatoms. The summed E-state index contributed by atoms with van der Waals surface area (Å²) < 4.78 is 25.9. The van der Waals surface area contributed by atoms with Crippen molar-refractivity contribution in [3.8, 4) is 0 Å². The maximum absolute atomic E-state index is 13.1. The molecule has 0 bridgehead atoms. The second-order valence-electron chi connectivity index (χ2n) is 4.50. The Bertz CT molecular complexity index is 513. The van der Waals surface area contributed by atoms with Crippen LogP contribution in [0.15, 0.2) is 18.2 Å². The average Bonchev–Trinajstić information content (AvgIpc) is 2.41. The van der Waals surface area contributed by atoms with E-state index in [0.29, 0.717) is 25.9 Å². The third-order valence-corrected chi connectivity index (χ3v) is 3.58. The van der Waals surface area contributed by atoms with Crippen LogP contribution in [0, 0.1) is 17.6 Å². The van der Waals surface area contributed by atoms with Crippen LogP contribution in [-0.2, 0) is 4.79 Å². The van der Waals surface area contributed by atoms with Gasteiger partial charge in [-0.3, -0.25) is 9.59 Å².